The molecule has 4 N–H and O–H groups in total. The molecule has 0 amide bonds. The van der Waals surface area contributed by atoms with Crippen molar-refractivity contribution in [3.8, 4) is 0 Å². The molecule has 1 unspecified atom stereocenters. The van der Waals surface area contributed by atoms with Gasteiger partial charge in [-0.05, 0) is 31.9 Å². The van der Waals surface area contributed by atoms with Crippen molar-refractivity contribution >= 4 is 11.5 Å². The van der Waals surface area contributed by atoms with E-state index in [0.717, 1.165) is 12.1 Å². The molecule has 0 radical (unpaired) electrons. The molecule has 0 aliphatic carbocycles. The summed E-state index contributed by atoms with van der Waals surface area (Å²) in [7, 11) is 0. The third-order valence-electron chi connectivity index (χ3n) is 2.72. The Kier molecular flexibility index (Phi) is 3.91. The van der Waals surface area contributed by atoms with E-state index in [1.54, 1.807) is 6.20 Å². The molecule has 0 fully saturated rings. The summed E-state index contributed by atoms with van der Waals surface area (Å²) in [4.78, 5) is 4.01. The zero-order chi connectivity index (χ0) is 11.3. The highest BCUT2D eigenvalue weighted by molar-refractivity contribution is 5.62. The molecule has 1 atom stereocenters. The van der Waals surface area contributed by atoms with E-state index in [0.29, 0.717) is 12.2 Å². The molecule has 1 heterocycles. The summed E-state index contributed by atoms with van der Waals surface area (Å²) in [6.07, 6.45) is 3.27. The van der Waals surface area contributed by atoms with Crippen LogP contribution in [0.3, 0.4) is 0 Å². The third kappa shape index (κ3) is 3.09. The molecule has 84 valence electrons. The number of hydrogen-bond donors (Lipinski definition) is 3. The van der Waals surface area contributed by atoms with Crippen LogP contribution in [0.25, 0.3) is 0 Å². The number of aliphatic hydroxyl groups is 1. The Labute approximate surface area is 90.5 Å². The lowest BCUT2D eigenvalue weighted by Gasteiger charge is -2.30. The van der Waals surface area contributed by atoms with Crippen molar-refractivity contribution in [3.63, 3.8) is 0 Å². The Balaban J connectivity index is 2.79. The number of nitrogens with two attached hydrogens (primary N) is 1. The van der Waals surface area contributed by atoms with E-state index in [-0.39, 0.29) is 12.1 Å². The topological polar surface area (TPSA) is 71.2 Å². The molecule has 0 aliphatic rings. The second-order valence-corrected chi connectivity index (χ2v) is 3.95. The SMILES string of the molecule is CCC(C)(CCO)Nc1cccnc1N. The number of anilines is 2. The molecule has 4 heteroatoms. The fraction of sp³-hybridized carbons (Fsp3) is 0.545. The zero-order valence-corrected chi connectivity index (χ0v) is 9.33. The van der Waals surface area contributed by atoms with Crippen LogP contribution in [0.4, 0.5) is 11.5 Å². The lowest BCUT2D eigenvalue weighted by Crippen LogP contribution is -2.35. The number of nitrogens with zero attached hydrogens (tertiary/aromatic N) is 1. The maximum absolute atomic E-state index is 8.99. The third-order valence-corrected chi connectivity index (χ3v) is 2.72. The highest BCUT2D eigenvalue weighted by Gasteiger charge is 2.21. The van der Waals surface area contributed by atoms with Crippen LogP contribution >= 0.6 is 0 Å². The lowest BCUT2D eigenvalue weighted by molar-refractivity contribution is 0.252. The van der Waals surface area contributed by atoms with Gasteiger partial charge in [-0.15, -0.1) is 0 Å². The van der Waals surface area contributed by atoms with E-state index in [9.17, 15) is 0 Å². The highest BCUT2D eigenvalue weighted by Crippen LogP contribution is 2.24. The predicted octanol–water partition coefficient (Wildman–Crippen LogP) is 1.63. The maximum atomic E-state index is 8.99. The molecule has 0 aromatic carbocycles. The molecule has 1 rings (SSSR count). The molecule has 4 nitrogen and oxygen atoms in total. The standard InChI is InChI=1S/C11H19N3O/c1-3-11(2,6-8-15)14-9-5-4-7-13-10(9)12/h4-5,7,14-15H,3,6,8H2,1-2H3,(H2,12,13). The highest BCUT2D eigenvalue weighted by atomic mass is 16.3. The molecule has 1 aromatic heterocycles. The molecular formula is C11H19N3O. The van der Waals surface area contributed by atoms with Crippen molar-refractivity contribution in [3.05, 3.63) is 18.3 Å². The van der Waals surface area contributed by atoms with E-state index < -0.39 is 0 Å². The molecule has 1 aromatic rings. The summed E-state index contributed by atoms with van der Waals surface area (Å²) in [5.74, 6) is 0.495. The average Bonchev–Trinajstić information content (AvgIpc) is 2.22. The van der Waals surface area contributed by atoms with Gasteiger partial charge in [0.2, 0.25) is 0 Å². The van der Waals surface area contributed by atoms with Crippen LogP contribution in [0.1, 0.15) is 26.7 Å². The first-order valence-corrected chi connectivity index (χ1v) is 5.21. The number of hydrogen-bond acceptors (Lipinski definition) is 4. The smallest absolute Gasteiger partial charge is 0.146 e. The van der Waals surface area contributed by atoms with Gasteiger partial charge >= 0.3 is 0 Å². The summed E-state index contributed by atoms with van der Waals surface area (Å²) >= 11 is 0. The van der Waals surface area contributed by atoms with Gasteiger partial charge < -0.3 is 16.2 Å². The minimum Gasteiger partial charge on any atom is -0.396 e. The Hall–Kier alpha value is -1.29. The first kappa shape index (κ1) is 11.8. The molecule has 0 aliphatic heterocycles. The van der Waals surface area contributed by atoms with Gasteiger partial charge in [0.25, 0.3) is 0 Å². The van der Waals surface area contributed by atoms with E-state index in [1.165, 1.54) is 0 Å². The first-order chi connectivity index (χ1) is 7.11. The van der Waals surface area contributed by atoms with E-state index in [4.69, 9.17) is 10.8 Å². The van der Waals surface area contributed by atoms with Crippen LogP contribution in [0.2, 0.25) is 0 Å². The van der Waals surface area contributed by atoms with E-state index in [1.807, 2.05) is 12.1 Å². The van der Waals surface area contributed by atoms with Gasteiger partial charge in [-0.2, -0.15) is 0 Å². The zero-order valence-electron chi connectivity index (χ0n) is 9.33. The maximum Gasteiger partial charge on any atom is 0.146 e. The summed E-state index contributed by atoms with van der Waals surface area (Å²) in [6.45, 7) is 4.31. The van der Waals surface area contributed by atoms with Crippen LogP contribution in [0.5, 0.6) is 0 Å². The van der Waals surface area contributed by atoms with Crippen molar-refractivity contribution in [2.45, 2.75) is 32.2 Å². The summed E-state index contributed by atoms with van der Waals surface area (Å²) in [6, 6.07) is 3.74. The van der Waals surface area contributed by atoms with Gasteiger partial charge in [-0.3, -0.25) is 0 Å². The molecule has 15 heavy (non-hydrogen) atoms. The number of nitrogen functional groups attached to an aromatic ring is 1. The van der Waals surface area contributed by atoms with Crippen molar-refractivity contribution in [1.82, 2.24) is 4.98 Å². The van der Waals surface area contributed by atoms with Gasteiger partial charge in [0, 0.05) is 18.3 Å². The number of rotatable bonds is 5. The minimum absolute atomic E-state index is 0.133. The molecule has 0 saturated heterocycles. The summed E-state index contributed by atoms with van der Waals surface area (Å²) in [5.41, 5.74) is 6.44. The van der Waals surface area contributed by atoms with E-state index >= 15 is 0 Å². The number of aliphatic hydroxyl groups excluding tert-OH is 1. The average molecular weight is 209 g/mol. The Morgan fingerprint density at radius 2 is 2.33 bits per heavy atom. The number of pyridine rings is 1. The molecular weight excluding hydrogens is 190 g/mol. The fourth-order valence-corrected chi connectivity index (χ4v) is 1.42. The number of aromatic nitrogens is 1. The second-order valence-electron chi connectivity index (χ2n) is 3.95. The molecule has 0 spiro atoms. The van der Waals surface area contributed by atoms with Crippen LogP contribution in [-0.4, -0.2) is 22.2 Å². The van der Waals surface area contributed by atoms with Crippen molar-refractivity contribution in [1.29, 1.82) is 0 Å². The van der Waals surface area contributed by atoms with Gasteiger partial charge in [-0.1, -0.05) is 6.92 Å². The summed E-state index contributed by atoms with van der Waals surface area (Å²) in [5, 5.41) is 12.3. The normalized spacial score (nSPS) is 14.6. The molecule has 0 bridgehead atoms. The largest absolute Gasteiger partial charge is 0.396 e. The monoisotopic (exact) mass is 209 g/mol. The predicted molar refractivity (Wildman–Crippen MR) is 62.7 cm³/mol. The van der Waals surface area contributed by atoms with Crippen molar-refractivity contribution in [2.24, 2.45) is 0 Å². The van der Waals surface area contributed by atoms with Crippen LogP contribution in [0.15, 0.2) is 18.3 Å². The van der Waals surface area contributed by atoms with Gasteiger partial charge in [0.1, 0.15) is 5.82 Å². The summed E-state index contributed by atoms with van der Waals surface area (Å²) < 4.78 is 0. The molecule has 0 saturated carbocycles. The minimum atomic E-state index is -0.133. The first-order valence-electron chi connectivity index (χ1n) is 5.21. The van der Waals surface area contributed by atoms with Crippen molar-refractivity contribution < 1.29 is 5.11 Å². The van der Waals surface area contributed by atoms with Crippen molar-refractivity contribution in [2.75, 3.05) is 17.7 Å². The van der Waals surface area contributed by atoms with Gasteiger partial charge in [0.05, 0.1) is 5.69 Å². The Bertz CT molecular complexity index is 316. The van der Waals surface area contributed by atoms with Gasteiger partial charge in [-0.25, -0.2) is 4.98 Å². The Morgan fingerprint density at radius 3 is 2.87 bits per heavy atom. The number of nitrogens with one attached hydrogen (secondary N) is 1. The lowest BCUT2D eigenvalue weighted by atomic mass is 9.94. The quantitative estimate of drug-likeness (QED) is 0.689. The fourth-order valence-electron chi connectivity index (χ4n) is 1.42. The van der Waals surface area contributed by atoms with Crippen LogP contribution in [0, 0.1) is 0 Å². The van der Waals surface area contributed by atoms with Crippen LogP contribution in [-0.2, 0) is 0 Å². The Morgan fingerprint density at radius 1 is 1.60 bits per heavy atom. The van der Waals surface area contributed by atoms with Gasteiger partial charge in [0.15, 0.2) is 0 Å². The van der Waals surface area contributed by atoms with E-state index in [2.05, 4.69) is 24.1 Å². The second kappa shape index (κ2) is 4.98. The van der Waals surface area contributed by atoms with Crippen LogP contribution < -0.4 is 11.1 Å².